The van der Waals surface area contributed by atoms with E-state index in [1.165, 1.54) is 0 Å². The van der Waals surface area contributed by atoms with Gasteiger partial charge in [0.15, 0.2) is 0 Å². The molecule has 1 aliphatic rings. The van der Waals surface area contributed by atoms with Crippen molar-refractivity contribution in [2.24, 2.45) is 0 Å². The van der Waals surface area contributed by atoms with Gasteiger partial charge in [-0.3, -0.25) is 4.98 Å². The lowest BCUT2D eigenvalue weighted by Gasteiger charge is -2.34. The Balaban J connectivity index is 1.58. The molecule has 0 atom stereocenters. The van der Waals surface area contributed by atoms with Crippen LogP contribution in [0.1, 0.15) is 33.6 Å². The third-order valence-electron chi connectivity index (χ3n) is 4.18. The molecule has 0 saturated carbocycles. The van der Waals surface area contributed by atoms with Crippen molar-refractivity contribution in [3.8, 4) is 5.75 Å². The lowest BCUT2D eigenvalue weighted by atomic mass is 10.0. The number of hydrogen-bond donors (Lipinski definition) is 2. The van der Waals surface area contributed by atoms with E-state index in [1.54, 1.807) is 29.3 Å². The summed E-state index contributed by atoms with van der Waals surface area (Å²) in [6.45, 7) is 6.99. The van der Waals surface area contributed by atoms with Gasteiger partial charge >= 0.3 is 6.09 Å². The predicted octanol–water partition coefficient (Wildman–Crippen LogP) is 3.75. The molecule has 1 aromatic carbocycles. The maximum atomic E-state index is 12.1. The average Bonchev–Trinajstić information content (AvgIpc) is 2.53. The molecule has 1 fully saturated rings. The molecule has 25 heavy (non-hydrogen) atoms. The first-order chi connectivity index (χ1) is 11.8. The number of phenolic OH excluding ortho intramolecular Hbond substituents is 1. The van der Waals surface area contributed by atoms with E-state index in [-0.39, 0.29) is 17.9 Å². The molecule has 1 amide bonds. The Morgan fingerprint density at radius 1 is 1.28 bits per heavy atom. The number of anilines is 1. The predicted molar refractivity (Wildman–Crippen MR) is 97.9 cm³/mol. The van der Waals surface area contributed by atoms with E-state index in [0.29, 0.717) is 13.1 Å². The van der Waals surface area contributed by atoms with Crippen LogP contribution in [-0.4, -0.2) is 45.8 Å². The molecule has 0 unspecified atom stereocenters. The fraction of sp³-hybridized carbons (Fsp3) is 0.474. The number of phenols is 1. The first-order valence-corrected chi connectivity index (χ1v) is 8.63. The summed E-state index contributed by atoms with van der Waals surface area (Å²) in [4.78, 5) is 18.3. The van der Waals surface area contributed by atoms with Crippen molar-refractivity contribution in [1.29, 1.82) is 0 Å². The highest BCUT2D eigenvalue weighted by Crippen LogP contribution is 2.23. The van der Waals surface area contributed by atoms with E-state index in [0.717, 1.165) is 29.4 Å². The number of aromatic hydroxyl groups is 1. The van der Waals surface area contributed by atoms with Crippen LogP contribution in [0.4, 0.5) is 10.5 Å². The van der Waals surface area contributed by atoms with Gasteiger partial charge in [0, 0.05) is 24.5 Å². The van der Waals surface area contributed by atoms with E-state index < -0.39 is 5.60 Å². The zero-order chi connectivity index (χ0) is 18.0. The summed E-state index contributed by atoms with van der Waals surface area (Å²) in [5.41, 5.74) is 1.31. The highest BCUT2D eigenvalue weighted by molar-refractivity contribution is 5.82. The zero-order valence-electron chi connectivity index (χ0n) is 15.0. The van der Waals surface area contributed by atoms with Gasteiger partial charge in [-0.15, -0.1) is 0 Å². The number of amides is 1. The first-order valence-electron chi connectivity index (χ1n) is 8.63. The van der Waals surface area contributed by atoms with E-state index in [9.17, 15) is 9.90 Å². The number of rotatable bonds is 2. The van der Waals surface area contributed by atoms with Gasteiger partial charge in [0.2, 0.25) is 0 Å². The van der Waals surface area contributed by atoms with Crippen LogP contribution in [0.5, 0.6) is 5.75 Å². The third-order valence-corrected chi connectivity index (χ3v) is 4.18. The van der Waals surface area contributed by atoms with E-state index in [2.05, 4.69) is 10.3 Å². The number of likely N-dealkylation sites (tertiary alicyclic amines) is 1. The van der Waals surface area contributed by atoms with Crippen molar-refractivity contribution >= 4 is 22.7 Å². The molecule has 0 aliphatic carbocycles. The number of aromatic nitrogens is 1. The molecule has 3 rings (SSSR count). The molecule has 0 bridgehead atoms. The van der Waals surface area contributed by atoms with Gasteiger partial charge in [-0.2, -0.15) is 0 Å². The van der Waals surface area contributed by atoms with Crippen LogP contribution in [0.15, 0.2) is 30.5 Å². The topological polar surface area (TPSA) is 74.7 Å². The fourth-order valence-corrected chi connectivity index (χ4v) is 2.97. The molecule has 2 aromatic rings. The van der Waals surface area contributed by atoms with E-state index in [4.69, 9.17) is 4.74 Å². The number of nitrogens with one attached hydrogen (secondary N) is 1. The Morgan fingerprint density at radius 2 is 2.00 bits per heavy atom. The molecular formula is C19H25N3O3. The number of benzene rings is 1. The summed E-state index contributed by atoms with van der Waals surface area (Å²) < 4.78 is 5.42. The number of nitrogens with zero attached hydrogens (tertiary/aromatic N) is 2. The first kappa shape index (κ1) is 17.3. The number of piperidine rings is 1. The quantitative estimate of drug-likeness (QED) is 0.868. The van der Waals surface area contributed by atoms with Crippen molar-refractivity contribution in [3.05, 3.63) is 30.5 Å². The minimum Gasteiger partial charge on any atom is -0.508 e. The van der Waals surface area contributed by atoms with Crippen LogP contribution >= 0.6 is 0 Å². The molecule has 0 spiro atoms. The zero-order valence-corrected chi connectivity index (χ0v) is 15.0. The lowest BCUT2D eigenvalue weighted by molar-refractivity contribution is 0.0210. The number of carbonyl (C=O) groups is 1. The Bertz CT molecular complexity index is 762. The number of carbonyl (C=O) groups excluding carboxylic acids is 1. The van der Waals surface area contributed by atoms with Gasteiger partial charge in [0.25, 0.3) is 0 Å². The van der Waals surface area contributed by atoms with Crippen LogP contribution in [-0.2, 0) is 4.74 Å². The molecule has 1 aliphatic heterocycles. The second-order valence-electron chi connectivity index (χ2n) is 7.49. The maximum absolute atomic E-state index is 12.1. The Kier molecular flexibility index (Phi) is 4.70. The van der Waals surface area contributed by atoms with Gasteiger partial charge in [-0.1, -0.05) is 0 Å². The number of pyridine rings is 1. The van der Waals surface area contributed by atoms with Crippen LogP contribution in [0.25, 0.3) is 10.9 Å². The van der Waals surface area contributed by atoms with Gasteiger partial charge in [-0.05, 0) is 57.9 Å². The summed E-state index contributed by atoms with van der Waals surface area (Å²) in [6, 6.07) is 7.42. The summed E-state index contributed by atoms with van der Waals surface area (Å²) in [7, 11) is 0. The SMILES string of the molecule is CC(C)(C)OC(=O)N1CCC(Nc2cnc3ccc(O)cc3c2)CC1. The molecule has 0 radical (unpaired) electrons. The van der Waals surface area contributed by atoms with Gasteiger partial charge in [0.05, 0.1) is 17.4 Å². The maximum Gasteiger partial charge on any atom is 0.410 e. The minimum absolute atomic E-state index is 0.233. The van der Waals surface area contributed by atoms with Crippen LogP contribution < -0.4 is 5.32 Å². The minimum atomic E-state index is -0.464. The molecule has 1 saturated heterocycles. The molecule has 6 nitrogen and oxygen atoms in total. The number of fused-ring (bicyclic) bond motifs is 1. The second kappa shape index (κ2) is 6.78. The molecule has 134 valence electrons. The summed E-state index contributed by atoms with van der Waals surface area (Å²) in [5, 5.41) is 14.0. The average molecular weight is 343 g/mol. The van der Waals surface area contributed by atoms with Crippen molar-refractivity contribution in [1.82, 2.24) is 9.88 Å². The summed E-state index contributed by atoms with van der Waals surface area (Å²) >= 11 is 0. The van der Waals surface area contributed by atoms with Gasteiger partial charge in [-0.25, -0.2) is 4.79 Å². The molecule has 1 aromatic heterocycles. The van der Waals surface area contributed by atoms with E-state index >= 15 is 0 Å². The monoisotopic (exact) mass is 343 g/mol. The van der Waals surface area contributed by atoms with Crippen molar-refractivity contribution < 1.29 is 14.6 Å². The Morgan fingerprint density at radius 3 is 2.68 bits per heavy atom. The summed E-state index contributed by atoms with van der Waals surface area (Å²) in [6.07, 6.45) is 3.28. The van der Waals surface area contributed by atoms with Gasteiger partial charge < -0.3 is 20.1 Å². The van der Waals surface area contributed by atoms with Crippen molar-refractivity contribution in [3.63, 3.8) is 0 Å². The fourth-order valence-electron chi connectivity index (χ4n) is 2.97. The highest BCUT2D eigenvalue weighted by Gasteiger charge is 2.26. The van der Waals surface area contributed by atoms with Crippen molar-refractivity contribution in [2.75, 3.05) is 18.4 Å². The van der Waals surface area contributed by atoms with Crippen LogP contribution in [0, 0.1) is 0 Å². The highest BCUT2D eigenvalue weighted by atomic mass is 16.6. The standard InChI is InChI=1S/C19H25N3O3/c1-19(2,3)25-18(24)22-8-6-14(7-9-22)21-15-10-13-11-16(23)4-5-17(13)20-12-15/h4-5,10-12,14,21,23H,6-9H2,1-3H3. The molecule has 6 heteroatoms. The number of ether oxygens (including phenoxy) is 1. The second-order valence-corrected chi connectivity index (χ2v) is 7.49. The summed E-state index contributed by atoms with van der Waals surface area (Å²) in [5.74, 6) is 0.233. The largest absolute Gasteiger partial charge is 0.508 e. The van der Waals surface area contributed by atoms with Crippen LogP contribution in [0.3, 0.4) is 0 Å². The molecule has 2 heterocycles. The van der Waals surface area contributed by atoms with Crippen LogP contribution in [0.2, 0.25) is 0 Å². The van der Waals surface area contributed by atoms with E-state index in [1.807, 2.05) is 26.8 Å². The smallest absolute Gasteiger partial charge is 0.410 e. The number of hydrogen-bond acceptors (Lipinski definition) is 5. The molecule has 2 N–H and O–H groups in total. The lowest BCUT2D eigenvalue weighted by Crippen LogP contribution is -2.44. The molecular weight excluding hydrogens is 318 g/mol. The Labute approximate surface area is 147 Å². The third kappa shape index (κ3) is 4.53. The van der Waals surface area contributed by atoms with Crippen molar-refractivity contribution in [2.45, 2.75) is 45.3 Å². The van der Waals surface area contributed by atoms with Gasteiger partial charge in [0.1, 0.15) is 11.4 Å². The Hall–Kier alpha value is -2.50. The normalized spacial score (nSPS) is 16.0.